The molecule has 0 heterocycles. The number of aryl methyl sites for hydroxylation is 1. The summed E-state index contributed by atoms with van der Waals surface area (Å²) in [6.45, 7) is 0. The molecule has 0 atom stereocenters. The summed E-state index contributed by atoms with van der Waals surface area (Å²) >= 11 is 0. The minimum absolute atomic E-state index is 0.163. The van der Waals surface area contributed by atoms with Crippen LogP contribution in [0.15, 0.2) is 36.4 Å². The van der Waals surface area contributed by atoms with Gasteiger partial charge in [0, 0.05) is 0 Å². The molecule has 1 aromatic carbocycles. The zero-order valence-corrected chi connectivity index (χ0v) is 18.3. The van der Waals surface area contributed by atoms with Gasteiger partial charge in [0.05, 0.1) is 18.1 Å². The molecule has 0 unspecified atom stereocenters. The summed E-state index contributed by atoms with van der Waals surface area (Å²) in [4.78, 5) is 10.6. The Morgan fingerprint density at radius 3 is 1.97 bits per heavy atom. The molecular weight excluding hydrogens is 370 g/mol. The molecule has 2 aliphatic carbocycles. The number of allylic oxidation sites excluding steroid dienone is 1. The number of nitrogens with zero attached hydrogens (tertiary/aromatic N) is 1. The van der Waals surface area contributed by atoms with Gasteiger partial charge in [-0.25, -0.2) is 0 Å². The van der Waals surface area contributed by atoms with Crippen molar-refractivity contribution < 1.29 is 9.90 Å². The zero-order valence-electron chi connectivity index (χ0n) is 18.3. The SMILES string of the molecule is N#Cc1ccc(CC[C@H]2CC[C@H](CC[C@H]3CC[C@H](C=CCC(=O)O)CC3)CC2)cc1. The average Bonchev–Trinajstić information content (AvgIpc) is 2.78. The van der Waals surface area contributed by atoms with Gasteiger partial charge in [-0.15, -0.1) is 0 Å². The van der Waals surface area contributed by atoms with Crippen LogP contribution in [0.5, 0.6) is 0 Å². The number of carbonyl (C=O) groups is 1. The number of benzene rings is 1. The molecule has 3 rings (SSSR count). The van der Waals surface area contributed by atoms with Crippen LogP contribution < -0.4 is 0 Å². The van der Waals surface area contributed by atoms with Gasteiger partial charge in [-0.1, -0.05) is 62.8 Å². The fourth-order valence-electron chi connectivity index (χ4n) is 5.43. The molecule has 0 radical (unpaired) electrons. The van der Waals surface area contributed by atoms with Gasteiger partial charge in [-0.3, -0.25) is 4.79 Å². The lowest BCUT2D eigenvalue weighted by atomic mass is 9.74. The summed E-state index contributed by atoms with van der Waals surface area (Å²) in [6, 6.07) is 10.3. The van der Waals surface area contributed by atoms with E-state index >= 15 is 0 Å². The third-order valence-electron chi connectivity index (χ3n) is 7.47. The van der Waals surface area contributed by atoms with Gasteiger partial charge in [0.15, 0.2) is 0 Å². The molecule has 162 valence electrons. The van der Waals surface area contributed by atoms with Crippen LogP contribution in [0.4, 0.5) is 0 Å². The first-order valence-corrected chi connectivity index (χ1v) is 12.0. The minimum Gasteiger partial charge on any atom is -0.481 e. The van der Waals surface area contributed by atoms with Gasteiger partial charge in [-0.2, -0.15) is 5.26 Å². The zero-order chi connectivity index (χ0) is 21.2. The Morgan fingerprint density at radius 2 is 1.43 bits per heavy atom. The number of carboxylic acid groups (broad SMARTS) is 1. The summed E-state index contributed by atoms with van der Waals surface area (Å²) < 4.78 is 0. The van der Waals surface area contributed by atoms with Gasteiger partial charge < -0.3 is 5.11 Å². The molecule has 3 heteroatoms. The van der Waals surface area contributed by atoms with Gasteiger partial charge in [-0.05, 0) is 79.9 Å². The molecule has 0 spiro atoms. The maximum atomic E-state index is 10.6. The lowest BCUT2D eigenvalue weighted by Gasteiger charge is -2.31. The minimum atomic E-state index is -0.732. The lowest BCUT2D eigenvalue weighted by molar-refractivity contribution is -0.136. The fraction of sp³-hybridized carbons (Fsp3) is 0.630. The lowest BCUT2D eigenvalue weighted by Crippen LogP contribution is -2.18. The molecular formula is C27H37NO2. The molecule has 0 bridgehead atoms. The molecule has 30 heavy (non-hydrogen) atoms. The Balaban J connectivity index is 1.27. The highest BCUT2D eigenvalue weighted by Crippen LogP contribution is 2.37. The maximum absolute atomic E-state index is 10.6. The first-order chi connectivity index (χ1) is 14.6. The van der Waals surface area contributed by atoms with Crippen LogP contribution >= 0.6 is 0 Å². The molecule has 0 amide bonds. The normalized spacial score (nSPS) is 27.0. The van der Waals surface area contributed by atoms with Crippen LogP contribution in [0.2, 0.25) is 0 Å². The van der Waals surface area contributed by atoms with E-state index in [1.54, 1.807) is 0 Å². The number of rotatable bonds is 9. The number of carboxylic acids is 1. The van der Waals surface area contributed by atoms with Crippen molar-refractivity contribution in [3.63, 3.8) is 0 Å². The van der Waals surface area contributed by atoms with E-state index in [-0.39, 0.29) is 6.42 Å². The molecule has 3 nitrogen and oxygen atoms in total. The van der Waals surface area contributed by atoms with Crippen molar-refractivity contribution >= 4 is 5.97 Å². The van der Waals surface area contributed by atoms with E-state index < -0.39 is 5.97 Å². The first kappa shape index (κ1) is 22.6. The summed E-state index contributed by atoms with van der Waals surface area (Å²) in [5.74, 6) is 2.58. The second-order valence-corrected chi connectivity index (χ2v) is 9.62. The van der Waals surface area contributed by atoms with Crippen molar-refractivity contribution in [1.29, 1.82) is 5.26 Å². The molecule has 0 aliphatic heterocycles. The highest BCUT2D eigenvalue weighted by Gasteiger charge is 2.24. The summed E-state index contributed by atoms with van der Waals surface area (Å²) in [5, 5.41) is 17.6. The van der Waals surface area contributed by atoms with Crippen molar-refractivity contribution in [2.24, 2.45) is 23.7 Å². The van der Waals surface area contributed by atoms with E-state index in [0.717, 1.165) is 29.7 Å². The molecule has 2 fully saturated rings. The molecule has 1 N–H and O–H groups in total. The largest absolute Gasteiger partial charge is 0.481 e. The third kappa shape index (κ3) is 7.63. The number of aliphatic carboxylic acids is 1. The topological polar surface area (TPSA) is 61.1 Å². The monoisotopic (exact) mass is 407 g/mol. The van der Waals surface area contributed by atoms with Crippen LogP contribution in [-0.4, -0.2) is 11.1 Å². The summed E-state index contributed by atoms with van der Waals surface area (Å²) in [7, 11) is 0. The van der Waals surface area contributed by atoms with Crippen molar-refractivity contribution in [1.82, 2.24) is 0 Å². The maximum Gasteiger partial charge on any atom is 0.307 e. The molecule has 2 saturated carbocycles. The summed E-state index contributed by atoms with van der Waals surface area (Å²) in [6.07, 6.45) is 20.1. The van der Waals surface area contributed by atoms with E-state index in [1.165, 1.54) is 76.2 Å². The van der Waals surface area contributed by atoms with Crippen molar-refractivity contribution in [2.45, 2.75) is 83.5 Å². The Hall–Kier alpha value is -2.08. The third-order valence-corrected chi connectivity index (χ3v) is 7.47. The predicted molar refractivity (Wildman–Crippen MR) is 121 cm³/mol. The van der Waals surface area contributed by atoms with E-state index in [1.807, 2.05) is 18.2 Å². The number of nitriles is 1. The second kappa shape index (κ2) is 11.9. The smallest absolute Gasteiger partial charge is 0.307 e. The quantitative estimate of drug-likeness (QED) is 0.452. The Labute approximate surface area is 182 Å². The highest BCUT2D eigenvalue weighted by atomic mass is 16.4. The highest BCUT2D eigenvalue weighted by molar-refractivity contribution is 5.68. The molecule has 0 saturated heterocycles. The molecule has 0 aromatic heterocycles. The second-order valence-electron chi connectivity index (χ2n) is 9.62. The fourth-order valence-corrected chi connectivity index (χ4v) is 5.43. The first-order valence-electron chi connectivity index (χ1n) is 12.0. The van der Waals surface area contributed by atoms with Gasteiger partial charge in [0.25, 0.3) is 0 Å². The van der Waals surface area contributed by atoms with E-state index in [4.69, 9.17) is 10.4 Å². The van der Waals surface area contributed by atoms with E-state index in [0.29, 0.717) is 5.92 Å². The Kier molecular flexibility index (Phi) is 9.00. The van der Waals surface area contributed by atoms with Crippen molar-refractivity contribution in [3.8, 4) is 6.07 Å². The molecule has 1 aromatic rings. The van der Waals surface area contributed by atoms with Crippen molar-refractivity contribution in [3.05, 3.63) is 47.5 Å². The van der Waals surface area contributed by atoms with E-state index in [9.17, 15) is 4.79 Å². The summed E-state index contributed by atoms with van der Waals surface area (Å²) in [5.41, 5.74) is 2.12. The van der Waals surface area contributed by atoms with Crippen LogP contribution in [0.3, 0.4) is 0 Å². The van der Waals surface area contributed by atoms with Crippen molar-refractivity contribution in [2.75, 3.05) is 0 Å². The van der Waals surface area contributed by atoms with Gasteiger partial charge in [0.2, 0.25) is 0 Å². The Bertz CT molecular complexity index is 714. The van der Waals surface area contributed by atoms with Crippen LogP contribution in [0.25, 0.3) is 0 Å². The van der Waals surface area contributed by atoms with Crippen LogP contribution in [0.1, 0.15) is 88.2 Å². The average molecular weight is 408 g/mol. The standard InChI is InChI=1S/C27H37NO2/c28-20-26-18-16-25(17-19-26)15-14-24-12-10-23(11-13-24)9-8-22-6-4-21(5-7-22)2-1-3-27(29)30/h1-2,16-19,21-24H,3-15H2,(H,29,30)/t21-,22-,23-,24-. The number of hydrogen-bond acceptors (Lipinski definition) is 2. The van der Waals surface area contributed by atoms with Crippen LogP contribution in [-0.2, 0) is 11.2 Å². The van der Waals surface area contributed by atoms with Gasteiger partial charge >= 0.3 is 5.97 Å². The molecule has 2 aliphatic rings. The van der Waals surface area contributed by atoms with E-state index in [2.05, 4.69) is 24.3 Å². The number of hydrogen-bond donors (Lipinski definition) is 1. The van der Waals surface area contributed by atoms with Crippen LogP contribution in [0, 0.1) is 35.0 Å². The predicted octanol–water partition coefficient (Wildman–Crippen LogP) is 6.91. The van der Waals surface area contributed by atoms with Gasteiger partial charge in [0.1, 0.15) is 0 Å². The Morgan fingerprint density at radius 1 is 0.900 bits per heavy atom.